The predicted molar refractivity (Wildman–Crippen MR) is 117 cm³/mol. The van der Waals surface area contributed by atoms with E-state index in [1.165, 1.54) is 32.1 Å². The third kappa shape index (κ3) is 4.53. The summed E-state index contributed by atoms with van der Waals surface area (Å²) in [5.41, 5.74) is 1.96. The molecule has 0 bridgehead atoms. The number of benzene rings is 2. The van der Waals surface area contributed by atoms with Gasteiger partial charge in [0.05, 0.1) is 19.7 Å². The van der Waals surface area contributed by atoms with Crippen molar-refractivity contribution in [1.29, 1.82) is 0 Å². The van der Waals surface area contributed by atoms with Crippen LogP contribution in [0.4, 0.5) is 11.8 Å². The van der Waals surface area contributed by atoms with Gasteiger partial charge in [-0.2, -0.15) is 4.98 Å². The van der Waals surface area contributed by atoms with Crippen LogP contribution in [0.25, 0.3) is 10.9 Å². The van der Waals surface area contributed by atoms with E-state index in [0.29, 0.717) is 18.5 Å². The Balaban J connectivity index is 1.57. The molecule has 6 heteroatoms. The number of rotatable bonds is 7. The molecule has 0 unspecified atom stereocenters. The minimum Gasteiger partial charge on any atom is -0.497 e. The molecule has 1 saturated carbocycles. The summed E-state index contributed by atoms with van der Waals surface area (Å²) in [4.78, 5) is 9.51. The lowest BCUT2D eigenvalue weighted by Gasteiger charge is -2.24. The van der Waals surface area contributed by atoms with Gasteiger partial charge in [-0.1, -0.05) is 31.4 Å². The topological polar surface area (TPSA) is 68.3 Å². The average Bonchev–Trinajstić information content (AvgIpc) is 2.78. The Morgan fingerprint density at radius 3 is 2.59 bits per heavy atom. The van der Waals surface area contributed by atoms with Crippen molar-refractivity contribution in [2.45, 2.75) is 44.7 Å². The summed E-state index contributed by atoms with van der Waals surface area (Å²) in [5, 5.41) is 8.09. The predicted octanol–water partition coefficient (Wildman–Crippen LogP) is 5.00. The monoisotopic (exact) mass is 392 g/mol. The van der Waals surface area contributed by atoms with Crippen LogP contribution >= 0.6 is 0 Å². The molecule has 3 aromatic rings. The number of anilines is 2. The van der Waals surface area contributed by atoms with Crippen molar-refractivity contribution in [3.05, 3.63) is 48.0 Å². The Kier molecular flexibility index (Phi) is 5.98. The van der Waals surface area contributed by atoms with Crippen molar-refractivity contribution in [3.8, 4) is 11.5 Å². The van der Waals surface area contributed by atoms with Crippen LogP contribution in [0, 0.1) is 0 Å². The molecule has 4 rings (SSSR count). The number of hydrogen-bond donors (Lipinski definition) is 2. The smallest absolute Gasteiger partial charge is 0.225 e. The molecule has 2 aromatic carbocycles. The first-order chi connectivity index (χ1) is 14.3. The Morgan fingerprint density at radius 1 is 0.966 bits per heavy atom. The first-order valence-electron chi connectivity index (χ1n) is 10.2. The zero-order chi connectivity index (χ0) is 20.1. The standard InChI is InChI=1S/C23H28N4O2/c1-28-18-13-12-16(21(14-18)29-2)15-24-23-26-20-11-7-6-10-19(20)22(27-23)25-17-8-4-3-5-9-17/h6-7,10-14,17H,3-5,8-9,15H2,1-2H3,(H2,24,25,26,27). The molecule has 0 saturated heterocycles. The highest BCUT2D eigenvalue weighted by atomic mass is 16.5. The number of aromatic nitrogens is 2. The van der Waals surface area contributed by atoms with Gasteiger partial charge in [0.25, 0.3) is 0 Å². The van der Waals surface area contributed by atoms with Crippen molar-refractivity contribution in [1.82, 2.24) is 9.97 Å². The maximum atomic E-state index is 5.50. The van der Waals surface area contributed by atoms with E-state index in [0.717, 1.165) is 33.8 Å². The zero-order valence-corrected chi connectivity index (χ0v) is 17.1. The lowest BCUT2D eigenvalue weighted by atomic mass is 9.95. The SMILES string of the molecule is COc1ccc(CNc2nc(NC3CCCCC3)c3ccccc3n2)c(OC)c1. The van der Waals surface area contributed by atoms with Crippen molar-refractivity contribution in [2.75, 3.05) is 24.9 Å². The number of nitrogens with one attached hydrogen (secondary N) is 2. The van der Waals surface area contributed by atoms with Crippen LogP contribution in [0.2, 0.25) is 0 Å². The number of para-hydroxylation sites is 1. The first kappa shape index (κ1) is 19.3. The van der Waals surface area contributed by atoms with E-state index >= 15 is 0 Å². The minimum absolute atomic E-state index is 0.483. The van der Waals surface area contributed by atoms with Gasteiger partial charge in [-0.05, 0) is 37.1 Å². The highest BCUT2D eigenvalue weighted by Crippen LogP contribution is 2.28. The molecular formula is C23H28N4O2. The van der Waals surface area contributed by atoms with E-state index in [1.807, 2.05) is 36.4 Å². The average molecular weight is 393 g/mol. The van der Waals surface area contributed by atoms with Crippen molar-refractivity contribution in [2.24, 2.45) is 0 Å². The number of hydrogen-bond acceptors (Lipinski definition) is 6. The first-order valence-corrected chi connectivity index (χ1v) is 10.2. The fraction of sp³-hybridized carbons (Fsp3) is 0.391. The summed E-state index contributed by atoms with van der Waals surface area (Å²) in [6.45, 7) is 0.564. The maximum absolute atomic E-state index is 5.50. The van der Waals surface area contributed by atoms with Crippen LogP contribution in [0.15, 0.2) is 42.5 Å². The van der Waals surface area contributed by atoms with Gasteiger partial charge in [-0.15, -0.1) is 0 Å². The molecule has 2 N–H and O–H groups in total. The largest absolute Gasteiger partial charge is 0.497 e. The molecule has 1 aromatic heterocycles. The highest BCUT2D eigenvalue weighted by Gasteiger charge is 2.16. The molecular weight excluding hydrogens is 364 g/mol. The van der Waals surface area contributed by atoms with Crippen LogP contribution < -0.4 is 20.1 Å². The number of fused-ring (bicyclic) bond motifs is 1. The van der Waals surface area contributed by atoms with Crippen LogP contribution in [0.1, 0.15) is 37.7 Å². The molecule has 0 radical (unpaired) electrons. The van der Waals surface area contributed by atoms with Crippen LogP contribution in [-0.4, -0.2) is 30.2 Å². The molecule has 152 valence electrons. The van der Waals surface area contributed by atoms with Crippen molar-refractivity contribution in [3.63, 3.8) is 0 Å². The van der Waals surface area contributed by atoms with Crippen molar-refractivity contribution < 1.29 is 9.47 Å². The van der Waals surface area contributed by atoms with E-state index < -0.39 is 0 Å². The summed E-state index contributed by atoms with van der Waals surface area (Å²) in [7, 11) is 3.31. The van der Waals surface area contributed by atoms with E-state index in [1.54, 1.807) is 14.2 Å². The fourth-order valence-electron chi connectivity index (χ4n) is 3.88. The van der Waals surface area contributed by atoms with Gasteiger partial charge in [0.2, 0.25) is 5.95 Å². The summed E-state index contributed by atoms with van der Waals surface area (Å²) < 4.78 is 10.8. The third-order valence-corrected chi connectivity index (χ3v) is 5.48. The van der Waals surface area contributed by atoms with Gasteiger partial charge in [-0.3, -0.25) is 0 Å². The Bertz CT molecular complexity index is 970. The molecule has 0 amide bonds. The second-order valence-electron chi connectivity index (χ2n) is 7.42. The quantitative estimate of drug-likeness (QED) is 0.589. The number of methoxy groups -OCH3 is 2. The van der Waals surface area contributed by atoms with Crippen LogP contribution in [-0.2, 0) is 6.54 Å². The minimum atomic E-state index is 0.483. The summed E-state index contributed by atoms with van der Waals surface area (Å²) in [6, 6.07) is 14.4. The van der Waals surface area contributed by atoms with Crippen LogP contribution in [0.5, 0.6) is 11.5 Å². The zero-order valence-electron chi connectivity index (χ0n) is 17.1. The lowest BCUT2D eigenvalue weighted by Crippen LogP contribution is -2.23. The van der Waals surface area contributed by atoms with Gasteiger partial charge in [-0.25, -0.2) is 4.98 Å². The second-order valence-corrected chi connectivity index (χ2v) is 7.42. The molecule has 1 aliphatic carbocycles. The maximum Gasteiger partial charge on any atom is 0.225 e. The highest BCUT2D eigenvalue weighted by molar-refractivity contribution is 5.90. The molecule has 6 nitrogen and oxygen atoms in total. The van der Waals surface area contributed by atoms with Gasteiger partial charge in [0.1, 0.15) is 17.3 Å². The summed E-state index contributed by atoms with van der Waals surface area (Å²) >= 11 is 0. The molecule has 1 heterocycles. The molecule has 1 aliphatic rings. The molecule has 29 heavy (non-hydrogen) atoms. The molecule has 0 atom stereocenters. The lowest BCUT2D eigenvalue weighted by molar-refractivity contribution is 0.391. The third-order valence-electron chi connectivity index (χ3n) is 5.48. The van der Waals surface area contributed by atoms with E-state index in [-0.39, 0.29) is 0 Å². The molecule has 1 fully saturated rings. The van der Waals surface area contributed by atoms with Gasteiger partial charge in [0.15, 0.2) is 0 Å². The second kappa shape index (κ2) is 8.99. The number of nitrogens with zero attached hydrogens (tertiary/aromatic N) is 2. The van der Waals surface area contributed by atoms with Crippen LogP contribution in [0.3, 0.4) is 0 Å². The number of ether oxygens (including phenoxy) is 2. The Labute approximate surface area is 171 Å². The van der Waals surface area contributed by atoms with E-state index in [9.17, 15) is 0 Å². The van der Waals surface area contributed by atoms with E-state index in [4.69, 9.17) is 19.4 Å². The normalized spacial score (nSPS) is 14.6. The van der Waals surface area contributed by atoms with Crippen molar-refractivity contribution >= 4 is 22.7 Å². The summed E-state index contributed by atoms with van der Waals surface area (Å²) in [6.07, 6.45) is 6.29. The van der Waals surface area contributed by atoms with Gasteiger partial charge >= 0.3 is 0 Å². The van der Waals surface area contributed by atoms with Gasteiger partial charge < -0.3 is 20.1 Å². The Hall–Kier alpha value is -3.02. The molecule has 0 aliphatic heterocycles. The summed E-state index contributed by atoms with van der Waals surface area (Å²) in [5.74, 6) is 3.07. The Morgan fingerprint density at radius 2 is 1.79 bits per heavy atom. The molecule has 0 spiro atoms. The fourth-order valence-corrected chi connectivity index (χ4v) is 3.88. The van der Waals surface area contributed by atoms with E-state index in [2.05, 4.69) is 16.7 Å². The van der Waals surface area contributed by atoms with Gasteiger partial charge in [0, 0.05) is 29.6 Å².